The van der Waals surface area contributed by atoms with Crippen LogP contribution in [0.2, 0.25) is 0 Å². The van der Waals surface area contributed by atoms with Gasteiger partial charge in [0.25, 0.3) is 0 Å². The Labute approximate surface area is 222 Å². The first-order valence-corrected chi connectivity index (χ1v) is 12.7. The Bertz CT molecular complexity index is 1660. The van der Waals surface area contributed by atoms with Crippen LogP contribution < -0.4 is 9.47 Å². The van der Waals surface area contributed by atoms with Crippen molar-refractivity contribution >= 4 is 22.8 Å². The number of nitrogens with zero attached hydrogens (tertiary/aromatic N) is 7. The third kappa shape index (κ3) is 5.04. The molecule has 38 heavy (non-hydrogen) atoms. The average molecular weight is 523 g/mol. The van der Waals surface area contributed by atoms with E-state index in [0.29, 0.717) is 36.2 Å². The molecule has 0 spiro atoms. The number of fused-ring (bicyclic) bond motifs is 1. The van der Waals surface area contributed by atoms with Crippen LogP contribution >= 0.6 is 11.7 Å². The Hall–Kier alpha value is -4.77. The van der Waals surface area contributed by atoms with Crippen LogP contribution in [0.4, 0.5) is 0 Å². The van der Waals surface area contributed by atoms with E-state index in [1.807, 2.05) is 42.5 Å². The summed E-state index contributed by atoms with van der Waals surface area (Å²) in [5.41, 5.74) is 7.13. The molecule has 0 saturated carbocycles. The number of aryl methyl sites for hydroxylation is 1. The van der Waals surface area contributed by atoms with Crippen molar-refractivity contribution in [2.75, 3.05) is 0 Å². The van der Waals surface area contributed by atoms with E-state index in [-0.39, 0.29) is 0 Å². The molecule has 4 aromatic heterocycles. The number of tetrazole rings is 1. The van der Waals surface area contributed by atoms with Gasteiger partial charge in [0.15, 0.2) is 0 Å². The van der Waals surface area contributed by atoms with Gasteiger partial charge in [-0.05, 0) is 34.4 Å². The second kappa shape index (κ2) is 10.7. The third-order valence-electron chi connectivity index (χ3n) is 5.95. The molecule has 0 aliphatic rings. The maximum Gasteiger partial charge on any atom is 0.214 e. The largest absolute Gasteiger partial charge is 0.486 e. The Kier molecular flexibility index (Phi) is 6.64. The minimum atomic E-state index is 0.299. The molecular formula is C27H22N8O2S. The van der Waals surface area contributed by atoms with Crippen molar-refractivity contribution in [2.24, 2.45) is 0 Å². The summed E-state index contributed by atoms with van der Waals surface area (Å²) in [5.74, 6) is 1.70. The molecule has 188 valence electrons. The molecule has 6 rings (SSSR count). The van der Waals surface area contributed by atoms with Gasteiger partial charge in [0.1, 0.15) is 30.2 Å². The second-order valence-corrected chi connectivity index (χ2v) is 8.99. The molecule has 0 fully saturated rings. The number of H-pyrrole nitrogens is 1. The lowest BCUT2D eigenvalue weighted by Crippen LogP contribution is -2.02. The fourth-order valence-electron chi connectivity index (χ4n) is 4.03. The summed E-state index contributed by atoms with van der Waals surface area (Å²) in [6.45, 7) is 2.75. The zero-order valence-corrected chi connectivity index (χ0v) is 21.2. The number of ether oxygens (including phenoxy) is 2. The molecule has 4 heterocycles. The number of hydrogen-bond acceptors (Lipinski definition) is 10. The highest BCUT2D eigenvalue weighted by molar-refractivity contribution is 6.99. The first-order chi connectivity index (χ1) is 18.8. The zero-order valence-electron chi connectivity index (χ0n) is 20.4. The normalized spacial score (nSPS) is 11.1. The summed E-state index contributed by atoms with van der Waals surface area (Å²) in [5, 5.41) is 14.5. The first-order valence-electron chi connectivity index (χ1n) is 12.0. The van der Waals surface area contributed by atoms with Crippen LogP contribution in [0.3, 0.4) is 0 Å². The monoisotopic (exact) mass is 522 g/mol. The van der Waals surface area contributed by atoms with Crippen LogP contribution in [0.5, 0.6) is 11.6 Å². The lowest BCUT2D eigenvalue weighted by molar-refractivity contribution is 0.289. The number of benzene rings is 2. The minimum Gasteiger partial charge on any atom is -0.486 e. The van der Waals surface area contributed by atoms with Gasteiger partial charge in [0, 0.05) is 23.4 Å². The quantitative estimate of drug-likeness (QED) is 0.278. The molecule has 0 radical (unpaired) electrons. The maximum absolute atomic E-state index is 6.27. The van der Waals surface area contributed by atoms with Gasteiger partial charge in [-0.1, -0.05) is 55.5 Å². The average Bonchev–Trinajstić information content (AvgIpc) is 3.70. The summed E-state index contributed by atoms with van der Waals surface area (Å²) in [4.78, 5) is 9.38. The van der Waals surface area contributed by atoms with Crippen LogP contribution in [0.1, 0.15) is 23.9 Å². The lowest BCUT2D eigenvalue weighted by Gasteiger charge is -2.12. The van der Waals surface area contributed by atoms with Gasteiger partial charge in [-0.25, -0.2) is 4.98 Å². The number of aromatic nitrogens is 8. The Morgan fingerprint density at radius 1 is 0.868 bits per heavy atom. The van der Waals surface area contributed by atoms with Gasteiger partial charge in [0.2, 0.25) is 11.7 Å². The summed E-state index contributed by atoms with van der Waals surface area (Å²) < 4.78 is 20.3. The molecule has 0 aliphatic heterocycles. The number of aromatic amines is 1. The predicted octanol–water partition coefficient (Wildman–Crippen LogP) is 5.05. The highest BCUT2D eigenvalue weighted by Crippen LogP contribution is 2.31. The smallest absolute Gasteiger partial charge is 0.214 e. The number of pyridine rings is 2. The number of rotatable bonds is 9. The van der Waals surface area contributed by atoms with E-state index >= 15 is 0 Å². The van der Waals surface area contributed by atoms with E-state index in [0.717, 1.165) is 57.3 Å². The van der Waals surface area contributed by atoms with Crippen LogP contribution in [0.15, 0.2) is 72.9 Å². The standard InChI is InChI=1S/C27H22N8O2S/c1-2-19-13-24(26-23(29-19)11-12-25(30-26)37-16-20-14-28-38-33-20)36-15-17-7-9-18(10-8-17)21-5-3-4-6-22(21)27-31-34-35-32-27/h3-14H,2,15-16H2,1H3,(H,31,32,34,35). The lowest BCUT2D eigenvalue weighted by atomic mass is 9.98. The summed E-state index contributed by atoms with van der Waals surface area (Å²) in [7, 11) is 0. The van der Waals surface area contributed by atoms with E-state index in [1.54, 1.807) is 6.20 Å². The molecule has 0 amide bonds. The van der Waals surface area contributed by atoms with Gasteiger partial charge >= 0.3 is 0 Å². The van der Waals surface area contributed by atoms with Crippen LogP contribution in [0, 0.1) is 0 Å². The molecule has 0 saturated heterocycles. The van der Waals surface area contributed by atoms with Crippen molar-refractivity contribution in [3.8, 4) is 34.1 Å². The highest BCUT2D eigenvalue weighted by atomic mass is 32.1. The van der Waals surface area contributed by atoms with E-state index in [9.17, 15) is 0 Å². The third-order valence-corrected chi connectivity index (χ3v) is 6.47. The van der Waals surface area contributed by atoms with Crippen LogP contribution in [0.25, 0.3) is 33.5 Å². The first kappa shape index (κ1) is 23.6. The molecule has 0 atom stereocenters. The van der Waals surface area contributed by atoms with E-state index < -0.39 is 0 Å². The van der Waals surface area contributed by atoms with Gasteiger partial charge in [-0.2, -0.15) is 14.0 Å². The van der Waals surface area contributed by atoms with Crippen molar-refractivity contribution in [3.05, 3.63) is 89.9 Å². The van der Waals surface area contributed by atoms with Crippen molar-refractivity contribution in [2.45, 2.75) is 26.6 Å². The molecule has 0 aliphatic carbocycles. The summed E-state index contributed by atoms with van der Waals surface area (Å²) in [6.07, 6.45) is 2.47. The van der Waals surface area contributed by atoms with E-state index in [2.05, 4.69) is 65.5 Å². The molecule has 1 N–H and O–H groups in total. The summed E-state index contributed by atoms with van der Waals surface area (Å²) in [6, 6.07) is 21.9. The molecule has 0 unspecified atom stereocenters. The minimum absolute atomic E-state index is 0.299. The maximum atomic E-state index is 6.27. The molecular weight excluding hydrogens is 500 g/mol. The van der Waals surface area contributed by atoms with Crippen LogP contribution in [-0.2, 0) is 19.6 Å². The second-order valence-electron chi connectivity index (χ2n) is 8.44. The van der Waals surface area contributed by atoms with Crippen molar-refractivity contribution in [3.63, 3.8) is 0 Å². The van der Waals surface area contributed by atoms with Gasteiger partial charge in [-0.15, -0.1) is 10.2 Å². The molecule has 0 bridgehead atoms. The Morgan fingerprint density at radius 3 is 2.50 bits per heavy atom. The Morgan fingerprint density at radius 2 is 1.74 bits per heavy atom. The molecule has 2 aromatic carbocycles. The molecule has 11 heteroatoms. The highest BCUT2D eigenvalue weighted by Gasteiger charge is 2.13. The molecule has 10 nitrogen and oxygen atoms in total. The Balaban J connectivity index is 1.22. The van der Waals surface area contributed by atoms with Gasteiger partial charge in [-0.3, -0.25) is 4.98 Å². The number of nitrogens with one attached hydrogen (secondary N) is 1. The fraction of sp³-hybridized carbons (Fsp3) is 0.148. The van der Waals surface area contributed by atoms with Gasteiger partial charge in [0.05, 0.1) is 23.4 Å². The van der Waals surface area contributed by atoms with Crippen molar-refractivity contribution < 1.29 is 9.47 Å². The fourth-order valence-corrected chi connectivity index (χ4v) is 4.45. The van der Waals surface area contributed by atoms with Gasteiger partial charge < -0.3 is 9.47 Å². The number of hydrogen-bond donors (Lipinski definition) is 1. The van der Waals surface area contributed by atoms with Crippen LogP contribution in [-0.4, -0.2) is 39.3 Å². The molecule has 6 aromatic rings. The van der Waals surface area contributed by atoms with E-state index in [1.165, 1.54) is 0 Å². The topological polar surface area (TPSA) is 124 Å². The SMILES string of the molecule is CCc1cc(OCc2ccc(-c3ccccc3-c3nn[nH]n3)cc2)c2nc(OCc3cnsn3)ccc2n1. The van der Waals surface area contributed by atoms with Crippen molar-refractivity contribution in [1.82, 2.24) is 39.3 Å². The summed E-state index contributed by atoms with van der Waals surface area (Å²) >= 11 is 1.15. The van der Waals surface area contributed by atoms with Crippen molar-refractivity contribution in [1.29, 1.82) is 0 Å². The predicted molar refractivity (Wildman–Crippen MR) is 143 cm³/mol. The van der Waals surface area contributed by atoms with E-state index in [4.69, 9.17) is 14.5 Å². The zero-order chi connectivity index (χ0) is 25.7.